The van der Waals surface area contributed by atoms with Gasteiger partial charge in [-0.15, -0.1) is 6.58 Å². The summed E-state index contributed by atoms with van der Waals surface area (Å²) in [5.74, 6) is -1.26. The number of nitrogens with one attached hydrogen (secondary N) is 2. The van der Waals surface area contributed by atoms with Crippen molar-refractivity contribution in [1.82, 2.24) is 10.0 Å². The predicted molar refractivity (Wildman–Crippen MR) is 110 cm³/mol. The summed E-state index contributed by atoms with van der Waals surface area (Å²) in [6.07, 6.45) is 0.475. The lowest BCUT2D eigenvalue weighted by Crippen LogP contribution is -2.35. The Labute approximate surface area is 170 Å². The Morgan fingerprint density at radius 2 is 1.79 bits per heavy atom. The van der Waals surface area contributed by atoms with Gasteiger partial charge in [-0.1, -0.05) is 42.5 Å². The molecule has 0 heterocycles. The van der Waals surface area contributed by atoms with Crippen molar-refractivity contribution in [2.45, 2.75) is 30.9 Å². The normalized spacial score (nSPS) is 13.2. The van der Waals surface area contributed by atoms with Crippen molar-refractivity contribution in [2.24, 2.45) is 0 Å². The Hall–Kier alpha value is -2.97. The van der Waals surface area contributed by atoms with E-state index in [-0.39, 0.29) is 17.0 Å². The third-order valence-corrected chi connectivity index (χ3v) is 5.62. The molecule has 0 aliphatic heterocycles. The van der Waals surface area contributed by atoms with Crippen LogP contribution in [-0.4, -0.2) is 32.9 Å². The molecule has 0 aliphatic rings. The summed E-state index contributed by atoms with van der Waals surface area (Å²) in [5.41, 5.74) is 0.842. The van der Waals surface area contributed by atoms with E-state index in [1.165, 1.54) is 37.3 Å². The molecule has 154 valence electrons. The van der Waals surface area contributed by atoms with E-state index in [9.17, 15) is 18.0 Å². The summed E-state index contributed by atoms with van der Waals surface area (Å²) in [4.78, 5) is 24.1. The molecule has 2 rings (SSSR count). The van der Waals surface area contributed by atoms with Crippen LogP contribution in [-0.2, 0) is 19.6 Å². The molecule has 0 spiro atoms. The molecule has 0 unspecified atom stereocenters. The Morgan fingerprint density at radius 1 is 1.10 bits per heavy atom. The van der Waals surface area contributed by atoms with Gasteiger partial charge in [0.2, 0.25) is 10.0 Å². The van der Waals surface area contributed by atoms with Gasteiger partial charge >= 0.3 is 5.97 Å². The fraction of sp³-hybridized carbons (Fsp3) is 0.238. The van der Waals surface area contributed by atoms with Crippen LogP contribution in [0.25, 0.3) is 0 Å². The van der Waals surface area contributed by atoms with Crippen LogP contribution in [0.2, 0.25) is 0 Å². The first-order valence-corrected chi connectivity index (χ1v) is 10.5. The first-order valence-electron chi connectivity index (χ1n) is 9.01. The molecule has 1 amide bonds. The molecule has 2 aromatic carbocycles. The maximum absolute atomic E-state index is 12.7. The van der Waals surface area contributed by atoms with E-state index in [2.05, 4.69) is 16.6 Å². The van der Waals surface area contributed by atoms with Gasteiger partial charge in [0, 0.05) is 12.6 Å². The largest absolute Gasteiger partial charge is 0.449 e. The van der Waals surface area contributed by atoms with Crippen molar-refractivity contribution in [1.29, 1.82) is 0 Å². The van der Waals surface area contributed by atoms with E-state index in [1.807, 2.05) is 30.3 Å². The molecule has 0 bridgehead atoms. The number of hydrogen-bond acceptors (Lipinski definition) is 5. The number of carbonyl (C=O) groups is 2. The topological polar surface area (TPSA) is 102 Å². The lowest BCUT2D eigenvalue weighted by atomic mass is 10.1. The molecule has 8 heteroatoms. The molecule has 0 aromatic heterocycles. The molecule has 0 saturated heterocycles. The van der Waals surface area contributed by atoms with Crippen molar-refractivity contribution in [2.75, 3.05) is 6.54 Å². The van der Waals surface area contributed by atoms with Gasteiger partial charge in [-0.2, -0.15) is 0 Å². The molecule has 0 radical (unpaired) electrons. The summed E-state index contributed by atoms with van der Waals surface area (Å²) in [6, 6.07) is 14.2. The van der Waals surface area contributed by atoms with Gasteiger partial charge in [-0.25, -0.2) is 17.9 Å². The van der Waals surface area contributed by atoms with Crippen molar-refractivity contribution in [3.05, 3.63) is 78.4 Å². The highest BCUT2D eigenvalue weighted by molar-refractivity contribution is 7.89. The molecule has 7 nitrogen and oxygen atoms in total. The molecule has 2 N–H and O–H groups in total. The van der Waals surface area contributed by atoms with Crippen LogP contribution in [0.4, 0.5) is 0 Å². The van der Waals surface area contributed by atoms with Gasteiger partial charge in [-0.3, -0.25) is 4.79 Å². The zero-order valence-corrected chi connectivity index (χ0v) is 17.1. The zero-order valence-electron chi connectivity index (χ0n) is 16.3. The summed E-state index contributed by atoms with van der Waals surface area (Å²) < 4.78 is 33.1. The van der Waals surface area contributed by atoms with E-state index in [1.54, 1.807) is 6.92 Å². The van der Waals surface area contributed by atoms with Crippen LogP contribution in [0.15, 0.2) is 72.1 Å². The second-order valence-electron chi connectivity index (χ2n) is 6.36. The highest BCUT2D eigenvalue weighted by atomic mass is 32.2. The Balaban J connectivity index is 2.12. The third kappa shape index (κ3) is 6.27. The molecule has 0 aliphatic carbocycles. The maximum atomic E-state index is 12.7. The van der Waals surface area contributed by atoms with E-state index >= 15 is 0 Å². The van der Waals surface area contributed by atoms with Gasteiger partial charge < -0.3 is 10.1 Å². The predicted octanol–water partition coefficient (Wildman–Crippen LogP) is 2.57. The zero-order chi connectivity index (χ0) is 21.4. The minimum Gasteiger partial charge on any atom is -0.449 e. The van der Waals surface area contributed by atoms with E-state index in [0.29, 0.717) is 0 Å². The van der Waals surface area contributed by atoms with Crippen molar-refractivity contribution in [3.8, 4) is 0 Å². The minimum absolute atomic E-state index is 0.0311. The Kier molecular flexibility index (Phi) is 7.69. The summed E-state index contributed by atoms with van der Waals surface area (Å²) in [7, 11) is -3.87. The first kappa shape index (κ1) is 22.3. The number of benzene rings is 2. The van der Waals surface area contributed by atoms with Crippen LogP contribution in [0.1, 0.15) is 35.8 Å². The SMILES string of the molecule is C=CCNC(=O)[C@@H](C)OC(=O)c1cccc(S(=O)(=O)N[C@@H](C)c2ccccc2)c1. The highest BCUT2D eigenvalue weighted by Crippen LogP contribution is 2.18. The number of esters is 1. The maximum Gasteiger partial charge on any atom is 0.338 e. The van der Waals surface area contributed by atoms with Crippen LogP contribution in [0, 0.1) is 0 Å². The Morgan fingerprint density at radius 3 is 2.45 bits per heavy atom. The molecule has 0 fully saturated rings. The standard InChI is InChI=1S/C21H24N2O5S/c1-4-13-22-20(24)16(3)28-21(25)18-11-8-12-19(14-18)29(26,27)23-15(2)17-9-6-5-7-10-17/h4-12,14-16,23H,1,13H2,2-3H3,(H,22,24)/t15-,16+/m0/s1. The van der Waals surface area contributed by atoms with E-state index in [4.69, 9.17) is 4.74 Å². The summed E-state index contributed by atoms with van der Waals surface area (Å²) >= 11 is 0. The van der Waals surface area contributed by atoms with Gasteiger partial charge in [0.05, 0.1) is 10.5 Å². The smallest absolute Gasteiger partial charge is 0.338 e. The van der Waals surface area contributed by atoms with Crippen LogP contribution >= 0.6 is 0 Å². The van der Waals surface area contributed by atoms with Crippen LogP contribution in [0.3, 0.4) is 0 Å². The molecule has 0 saturated carbocycles. The fourth-order valence-electron chi connectivity index (χ4n) is 2.50. The third-order valence-electron chi connectivity index (χ3n) is 4.09. The van der Waals surface area contributed by atoms with Gasteiger partial charge in [-0.05, 0) is 37.6 Å². The molecule has 2 aromatic rings. The van der Waals surface area contributed by atoms with Gasteiger partial charge in [0.15, 0.2) is 6.10 Å². The quantitative estimate of drug-likeness (QED) is 0.483. The monoisotopic (exact) mass is 416 g/mol. The van der Waals surface area contributed by atoms with Crippen molar-refractivity contribution < 1.29 is 22.7 Å². The first-order chi connectivity index (χ1) is 13.7. The second-order valence-corrected chi connectivity index (χ2v) is 8.08. The average Bonchev–Trinajstić information content (AvgIpc) is 2.72. The molecule has 2 atom stereocenters. The number of hydrogen-bond donors (Lipinski definition) is 2. The average molecular weight is 416 g/mol. The number of ether oxygens (including phenoxy) is 1. The van der Waals surface area contributed by atoms with Crippen LogP contribution < -0.4 is 10.0 Å². The van der Waals surface area contributed by atoms with Crippen LogP contribution in [0.5, 0.6) is 0 Å². The lowest BCUT2D eigenvalue weighted by Gasteiger charge is -2.16. The number of amides is 1. The lowest BCUT2D eigenvalue weighted by molar-refractivity contribution is -0.128. The number of rotatable bonds is 9. The number of sulfonamides is 1. The molecule has 29 heavy (non-hydrogen) atoms. The number of carbonyl (C=O) groups excluding carboxylic acids is 2. The fourth-order valence-corrected chi connectivity index (χ4v) is 3.78. The minimum atomic E-state index is -3.87. The van der Waals surface area contributed by atoms with Crippen molar-refractivity contribution in [3.63, 3.8) is 0 Å². The van der Waals surface area contributed by atoms with Gasteiger partial charge in [0.1, 0.15) is 0 Å². The summed E-state index contributed by atoms with van der Waals surface area (Å²) in [5, 5.41) is 2.52. The van der Waals surface area contributed by atoms with E-state index in [0.717, 1.165) is 5.56 Å². The second kappa shape index (κ2) is 9.99. The molecular weight excluding hydrogens is 392 g/mol. The molecular formula is C21H24N2O5S. The van der Waals surface area contributed by atoms with E-state index < -0.39 is 34.0 Å². The van der Waals surface area contributed by atoms with Crippen molar-refractivity contribution >= 4 is 21.9 Å². The summed E-state index contributed by atoms with van der Waals surface area (Å²) in [6.45, 7) is 6.90. The highest BCUT2D eigenvalue weighted by Gasteiger charge is 2.22. The Bertz CT molecular complexity index is 974. The van der Waals surface area contributed by atoms with Gasteiger partial charge in [0.25, 0.3) is 5.91 Å².